The molecule has 0 aliphatic carbocycles. The lowest BCUT2D eigenvalue weighted by molar-refractivity contribution is -0.130. The second-order valence-electron chi connectivity index (χ2n) is 4.72. The average molecular weight is 267 g/mol. The number of benzene rings is 1. The number of amides is 1. The molecule has 0 atom stereocenters. The molecule has 1 fully saturated rings. The number of carbonyl (C=O) groups is 1. The van der Waals surface area contributed by atoms with Crippen molar-refractivity contribution >= 4 is 17.5 Å². The molecule has 2 rings (SSSR count). The molecular formula is C14H19ClN2O. The molecule has 0 radical (unpaired) electrons. The number of halogens is 1. The largest absolute Gasteiger partial charge is 0.340 e. The zero-order valence-corrected chi connectivity index (χ0v) is 11.5. The van der Waals surface area contributed by atoms with E-state index in [9.17, 15) is 4.79 Å². The van der Waals surface area contributed by atoms with Gasteiger partial charge in [0.25, 0.3) is 0 Å². The van der Waals surface area contributed by atoms with E-state index < -0.39 is 0 Å². The minimum absolute atomic E-state index is 0.187. The minimum atomic E-state index is 0.187. The number of rotatable bonds is 3. The molecule has 0 unspecified atom stereocenters. The summed E-state index contributed by atoms with van der Waals surface area (Å²) in [6.07, 6.45) is 1.04. The van der Waals surface area contributed by atoms with E-state index in [1.54, 1.807) is 6.92 Å². The first-order valence-electron chi connectivity index (χ1n) is 6.37. The lowest BCUT2D eigenvalue weighted by Crippen LogP contribution is -2.48. The number of carbonyl (C=O) groups excluding carboxylic acids is 1. The van der Waals surface area contributed by atoms with Crippen molar-refractivity contribution in [2.75, 3.05) is 32.7 Å². The van der Waals surface area contributed by atoms with E-state index >= 15 is 0 Å². The van der Waals surface area contributed by atoms with E-state index in [1.807, 2.05) is 17.0 Å². The van der Waals surface area contributed by atoms with Gasteiger partial charge in [0.2, 0.25) is 5.91 Å². The van der Waals surface area contributed by atoms with Crippen molar-refractivity contribution < 1.29 is 4.79 Å². The normalized spacial score (nSPS) is 16.9. The number of piperazine rings is 1. The van der Waals surface area contributed by atoms with Gasteiger partial charge in [-0.15, -0.1) is 0 Å². The highest BCUT2D eigenvalue weighted by molar-refractivity contribution is 6.30. The summed E-state index contributed by atoms with van der Waals surface area (Å²) in [4.78, 5) is 15.5. The topological polar surface area (TPSA) is 23.6 Å². The van der Waals surface area contributed by atoms with Gasteiger partial charge in [-0.25, -0.2) is 0 Å². The van der Waals surface area contributed by atoms with Gasteiger partial charge in [0.15, 0.2) is 0 Å². The van der Waals surface area contributed by atoms with Gasteiger partial charge in [0.05, 0.1) is 0 Å². The first kappa shape index (κ1) is 13.4. The molecule has 0 spiro atoms. The second kappa shape index (κ2) is 6.21. The van der Waals surface area contributed by atoms with Gasteiger partial charge < -0.3 is 4.90 Å². The Morgan fingerprint density at radius 1 is 1.17 bits per heavy atom. The second-order valence-corrected chi connectivity index (χ2v) is 5.16. The molecule has 0 saturated carbocycles. The number of nitrogens with zero attached hydrogens (tertiary/aromatic N) is 2. The van der Waals surface area contributed by atoms with Gasteiger partial charge in [-0.05, 0) is 24.1 Å². The Balaban J connectivity index is 1.75. The molecule has 1 saturated heterocycles. The summed E-state index contributed by atoms with van der Waals surface area (Å²) in [7, 11) is 0. The summed E-state index contributed by atoms with van der Waals surface area (Å²) in [6, 6.07) is 8.03. The van der Waals surface area contributed by atoms with Crippen LogP contribution in [0.4, 0.5) is 0 Å². The maximum absolute atomic E-state index is 11.2. The van der Waals surface area contributed by atoms with Crippen molar-refractivity contribution in [1.82, 2.24) is 9.80 Å². The summed E-state index contributed by atoms with van der Waals surface area (Å²) < 4.78 is 0. The van der Waals surface area contributed by atoms with Crippen LogP contribution in [0.3, 0.4) is 0 Å². The van der Waals surface area contributed by atoms with Crippen molar-refractivity contribution in [2.24, 2.45) is 0 Å². The smallest absolute Gasteiger partial charge is 0.219 e. The predicted octanol–water partition coefficient (Wildman–Crippen LogP) is 2.05. The maximum Gasteiger partial charge on any atom is 0.219 e. The van der Waals surface area contributed by atoms with Crippen LogP contribution in [0, 0.1) is 0 Å². The Hall–Kier alpha value is -1.06. The van der Waals surface area contributed by atoms with Crippen LogP contribution in [-0.2, 0) is 11.2 Å². The monoisotopic (exact) mass is 266 g/mol. The molecule has 0 bridgehead atoms. The Morgan fingerprint density at radius 3 is 2.33 bits per heavy atom. The van der Waals surface area contributed by atoms with Gasteiger partial charge in [0.1, 0.15) is 0 Å². The van der Waals surface area contributed by atoms with Crippen molar-refractivity contribution in [2.45, 2.75) is 13.3 Å². The SMILES string of the molecule is CC(=O)N1CCN(CCc2ccc(Cl)cc2)CC1. The quantitative estimate of drug-likeness (QED) is 0.836. The molecule has 98 valence electrons. The molecule has 18 heavy (non-hydrogen) atoms. The third kappa shape index (κ3) is 3.72. The van der Waals surface area contributed by atoms with Crippen molar-refractivity contribution in [3.8, 4) is 0 Å². The van der Waals surface area contributed by atoms with Gasteiger partial charge in [-0.2, -0.15) is 0 Å². The maximum atomic E-state index is 11.2. The number of hydrogen-bond acceptors (Lipinski definition) is 2. The third-order valence-electron chi connectivity index (χ3n) is 3.45. The van der Waals surface area contributed by atoms with Crippen LogP contribution >= 0.6 is 11.6 Å². The highest BCUT2D eigenvalue weighted by Crippen LogP contribution is 2.11. The molecule has 1 aliphatic heterocycles. The van der Waals surface area contributed by atoms with E-state index in [0.29, 0.717) is 0 Å². The van der Waals surface area contributed by atoms with Crippen LogP contribution in [-0.4, -0.2) is 48.4 Å². The summed E-state index contributed by atoms with van der Waals surface area (Å²) in [5.74, 6) is 0.187. The van der Waals surface area contributed by atoms with Crippen LogP contribution in [0.1, 0.15) is 12.5 Å². The van der Waals surface area contributed by atoms with Crippen LogP contribution in [0.2, 0.25) is 5.02 Å². The van der Waals surface area contributed by atoms with Crippen LogP contribution in [0.15, 0.2) is 24.3 Å². The summed E-state index contributed by atoms with van der Waals surface area (Å²) in [5.41, 5.74) is 1.31. The lowest BCUT2D eigenvalue weighted by atomic mass is 10.1. The molecule has 0 aromatic heterocycles. The molecule has 4 heteroatoms. The molecule has 1 aromatic rings. The Kier molecular flexibility index (Phi) is 4.61. The zero-order chi connectivity index (χ0) is 13.0. The fourth-order valence-electron chi connectivity index (χ4n) is 2.22. The van der Waals surface area contributed by atoms with Crippen molar-refractivity contribution in [1.29, 1.82) is 0 Å². The minimum Gasteiger partial charge on any atom is -0.340 e. The van der Waals surface area contributed by atoms with Gasteiger partial charge in [-0.1, -0.05) is 23.7 Å². The van der Waals surface area contributed by atoms with E-state index in [1.165, 1.54) is 5.56 Å². The standard InChI is InChI=1S/C14H19ClN2O/c1-12(18)17-10-8-16(9-11-17)7-6-13-2-4-14(15)5-3-13/h2-5H,6-11H2,1H3. The van der Waals surface area contributed by atoms with Crippen LogP contribution < -0.4 is 0 Å². The van der Waals surface area contributed by atoms with E-state index in [4.69, 9.17) is 11.6 Å². The van der Waals surface area contributed by atoms with Gasteiger partial charge in [0, 0.05) is 44.7 Å². The fraction of sp³-hybridized carbons (Fsp3) is 0.500. The molecule has 1 aromatic carbocycles. The fourth-order valence-corrected chi connectivity index (χ4v) is 2.35. The Labute approximate surface area is 113 Å². The molecule has 3 nitrogen and oxygen atoms in total. The first-order valence-corrected chi connectivity index (χ1v) is 6.75. The number of hydrogen-bond donors (Lipinski definition) is 0. The van der Waals surface area contributed by atoms with Gasteiger partial charge >= 0.3 is 0 Å². The lowest BCUT2D eigenvalue weighted by Gasteiger charge is -2.34. The Bertz CT molecular complexity index is 397. The summed E-state index contributed by atoms with van der Waals surface area (Å²) in [6.45, 7) is 6.36. The summed E-state index contributed by atoms with van der Waals surface area (Å²) in [5, 5.41) is 0.786. The average Bonchev–Trinajstić information content (AvgIpc) is 2.38. The van der Waals surface area contributed by atoms with Crippen LogP contribution in [0.5, 0.6) is 0 Å². The zero-order valence-electron chi connectivity index (χ0n) is 10.7. The third-order valence-corrected chi connectivity index (χ3v) is 3.70. The molecule has 1 amide bonds. The van der Waals surface area contributed by atoms with E-state index in [2.05, 4.69) is 17.0 Å². The van der Waals surface area contributed by atoms with E-state index in [-0.39, 0.29) is 5.91 Å². The van der Waals surface area contributed by atoms with Crippen molar-refractivity contribution in [3.63, 3.8) is 0 Å². The highest BCUT2D eigenvalue weighted by atomic mass is 35.5. The van der Waals surface area contributed by atoms with E-state index in [0.717, 1.165) is 44.2 Å². The molecule has 1 heterocycles. The van der Waals surface area contributed by atoms with Crippen LogP contribution in [0.25, 0.3) is 0 Å². The Morgan fingerprint density at radius 2 is 1.78 bits per heavy atom. The highest BCUT2D eigenvalue weighted by Gasteiger charge is 2.17. The van der Waals surface area contributed by atoms with Gasteiger partial charge in [-0.3, -0.25) is 9.69 Å². The molecule has 1 aliphatic rings. The molecule has 0 N–H and O–H groups in total. The summed E-state index contributed by atoms with van der Waals surface area (Å²) >= 11 is 5.86. The predicted molar refractivity (Wildman–Crippen MR) is 73.9 cm³/mol. The van der Waals surface area contributed by atoms with Crippen molar-refractivity contribution in [3.05, 3.63) is 34.9 Å². The molecular weight excluding hydrogens is 248 g/mol. The first-order chi connectivity index (χ1) is 8.65.